The first-order valence-electron chi connectivity index (χ1n) is 8.94. The Morgan fingerprint density at radius 3 is 2.00 bits per heavy atom. The van der Waals surface area contributed by atoms with E-state index in [1.165, 1.54) is 0 Å². The van der Waals surface area contributed by atoms with Gasteiger partial charge in [-0.05, 0) is 42.3 Å². The number of ether oxygens (including phenoxy) is 1. The maximum absolute atomic E-state index is 12.8. The molecule has 0 unspecified atom stereocenters. The molecule has 2 aromatic carbocycles. The Morgan fingerprint density at radius 1 is 0.885 bits per heavy atom. The second-order valence-electron chi connectivity index (χ2n) is 6.33. The van der Waals surface area contributed by atoms with Gasteiger partial charge in [0.05, 0.1) is 7.11 Å². The molecule has 1 saturated heterocycles. The quantitative estimate of drug-likeness (QED) is 0.850. The average Bonchev–Trinajstić information content (AvgIpc) is 2.73. The number of hydrogen-bond acceptors (Lipinski definition) is 3. The second-order valence-corrected chi connectivity index (χ2v) is 6.33. The molecule has 2 aromatic rings. The Balaban J connectivity index is 1.64. The lowest BCUT2D eigenvalue weighted by atomic mass is 10.1. The third-order valence-corrected chi connectivity index (χ3v) is 4.78. The van der Waals surface area contributed by atoms with E-state index in [4.69, 9.17) is 4.74 Å². The number of piperazine rings is 1. The molecule has 1 aliphatic rings. The maximum Gasteiger partial charge on any atom is 0.253 e. The minimum Gasteiger partial charge on any atom is -0.496 e. The molecule has 0 aromatic heterocycles. The Bertz CT molecular complexity index is 781. The highest BCUT2D eigenvalue weighted by Crippen LogP contribution is 2.21. The van der Waals surface area contributed by atoms with Gasteiger partial charge in [-0.3, -0.25) is 9.59 Å². The van der Waals surface area contributed by atoms with Gasteiger partial charge in [-0.1, -0.05) is 25.1 Å². The first kappa shape index (κ1) is 18.0. The lowest BCUT2D eigenvalue weighted by Gasteiger charge is -2.35. The summed E-state index contributed by atoms with van der Waals surface area (Å²) in [5, 5.41) is 0. The van der Waals surface area contributed by atoms with Crippen LogP contribution in [0.25, 0.3) is 0 Å². The summed E-state index contributed by atoms with van der Waals surface area (Å²) in [6.07, 6.45) is 0.809. The minimum absolute atomic E-state index is 0.00848. The van der Waals surface area contributed by atoms with Crippen molar-refractivity contribution in [1.82, 2.24) is 9.80 Å². The van der Waals surface area contributed by atoms with E-state index in [1.54, 1.807) is 7.11 Å². The smallest absolute Gasteiger partial charge is 0.253 e. The van der Waals surface area contributed by atoms with Gasteiger partial charge >= 0.3 is 0 Å². The highest BCUT2D eigenvalue weighted by molar-refractivity contribution is 5.96. The molecule has 136 valence electrons. The number of amides is 2. The van der Waals surface area contributed by atoms with Gasteiger partial charge in [0.1, 0.15) is 5.75 Å². The van der Waals surface area contributed by atoms with Gasteiger partial charge in [0.15, 0.2) is 0 Å². The summed E-state index contributed by atoms with van der Waals surface area (Å²) in [4.78, 5) is 28.9. The number of carbonyl (C=O) groups excluding carboxylic acids is 2. The Morgan fingerprint density at radius 2 is 1.46 bits per heavy atom. The first-order chi connectivity index (χ1) is 12.6. The van der Waals surface area contributed by atoms with Gasteiger partial charge in [-0.15, -0.1) is 0 Å². The van der Waals surface area contributed by atoms with Crippen LogP contribution in [0.1, 0.15) is 33.2 Å². The summed E-state index contributed by atoms with van der Waals surface area (Å²) in [6.45, 7) is 4.24. The van der Waals surface area contributed by atoms with Crippen LogP contribution in [0.5, 0.6) is 5.75 Å². The van der Waals surface area contributed by atoms with E-state index in [-0.39, 0.29) is 11.8 Å². The van der Waals surface area contributed by atoms with Gasteiger partial charge in [0, 0.05) is 37.3 Å². The molecular formula is C21H24N2O3. The molecule has 5 nitrogen and oxygen atoms in total. The fourth-order valence-corrected chi connectivity index (χ4v) is 3.25. The van der Waals surface area contributed by atoms with Crippen LogP contribution in [-0.2, 0) is 6.42 Å². The zero-order valence-electron chi connectivity index (χ0n) is 15.3. The van der Waals surface area contributed by atoms with Crippen molar-refractivity contribution in [1.29, 1.82) is 0 Å². The third-order valence-electron chi connectivity index (χ3n) is 4.78. The molecule has 1 aliphatic heterocycles. The zero-order valence-corrected chi connectivity index (χ0v) is 15.3. The molecular weight excluding hydrogens is 328 g/mol. The Kier molecular flexibility index (Phi) is 5.56. The number of aryl methyl sites for hydroxylation is 1. The standard InChI is InChI=1S/C21H24N2O3/c1-3-16-15-18(9-10-19(16)26-2)21(25)23-13-11-22(12-14-23)20(24)17-7-5-4-6-8-17/h4-10,15H,3,11-14H2,1-2H3. The van der Waals surface area contributed by atoms with Crippen LogP contribution in [-0.4, -0.2) is 54.9 Å². The molecule has 0 N–H and O–H groups in total. The molecule has 0 bridgehead atoms. The molecule has 3 rings (SSSR count). The van der Waals surface area contributed by atoms with E-state index < -0.39 is 0 Å². The van der Waals surface area contributed by atoms with Crippen molar-refractivity contribution in [2.24, 2.45) is 0 Å². The number of nitrogens with zero attached hydrogens (tertiary/aromatic N) is 2. The van der Waals surface area contributed by atoms with Gasteiger partial charge in [0.2, 0.25) is 0 Å². The van der Waals surface area contributed by atoms with Gasteiger partial charge < -0.3 is 14.5 Å². The Hall–Kier alpha value is -2.82. The lowest BCUT2D eigenvalue weighted by molar-refractivity contribution is 0.0535. The summed E-state index contributed by atoms with van der Waals surface area (Å²) >= 11 is 0. The molecule has 1 heterocycles. The van der Waals surface area contributed by atoms with E-state index >= 15 is 0 Å². The molecule has 26 heavy (non-hydrogen) atoms. The maximum atomic E-state index is 12.8. The summed E-state index contributed by atoms with van der Waals surface area (Å²) in [7, 11) is 1.64. The summed E-state index contributed by atoms with van der Waals surface area (Å²) in [5.74, 6) is 0.840. The molecule has 1 fully saturated rings. The van der Waals surface area contributed by atoms with Gasteiger partial charge in [0.25, 0.3) is 11.8 Å². The zero-order chi connectivity index (χ0) is 18.5. The minimum atomic E-state index is 0.00848. The van der Waals surface area contributed by atoms with Crippen molar-refractivity contribution in [3.05, 3.63) is 65.2 Å². The Labute approximate surface area is 154 Å². The largest absolute Gasteiger partial charge is 0.496 e. The molecule has 0 atom stereocenters. The van der Waals surface area contributed by atoms with Crippen LogP contribution >= 0.6 is 0 Å². The number of benzene rings is 2. The molecule has 0 spiro atoms. The van der Waals surface area contributed by atoms with E-state index in [2.05, 4.69) is 0 Å². The normalized spacial score (nSPS) is 14.2. The lowest BCUT2D eigenvalue weighted by Crippen LogP contribution is -2.50. The van der Waals surface area contributed by atoms with Gasteiger partial charge in [-0.25, -0.2) is 0 Å². The van der Waals surface area contributed by atoms with Crippen molar-refractivity contribution in [3.8, 4) is 5.75 Å². The second kappa shape index (κ2) is 8.04. The van der Waals surface area contributed by atoms with Crippen LogP contribution in [0, 0.1) is 0 Å². The molecule has 5 heteroatoms. The average molecular weight is 352 g/mol. The topological polar surface area (TPSA) is 49.9 Å². The molecule has 0 saturated carbocycles. The number of carbonyl (C=O) groups is 2. The van der Waals surface area contributed by atoms with Crippen molar-refractivity contribution in [2.75, 3.05) is 33.3 Å². The highest BCUT2D eigenvalue weighted by Gasteiger charge is 2.25. The monoisotopic (exact) mass is 352 g/mol. The SMILES string of the molecule is CCc1cc(C(=O)N2CCN(C(=O)c3ccccc3)CC2)ccc1OC. The van der Waals surface area contributed by atoms with E-state index in [0.717, 1.165) is 17.7 Å². The van der Waals surface area contributed by atoms with Crippen LogP contribution in [0.15, 0.2) is 48.5 Å². The summed E-state index contributed by atoms with van der Waals surface area (Å²) in [5.41, 5.74) is 2.39. The predicted molar refractivity (Wildman–Crippen MR) is 101 cm³/mol. The fourth-order valence-electron chi connectivity index (χ4n) is 3.25. The van der Waals surface area contributed by atoms with Crippen LogP contribution in [0.2, 0.25) is 0 Å². The first-order valence-corrected chi connectivity index (χ1v) is 8.94. The van der Waals surface area contributed by atoms with Crippen LogP contribution in [0.3, 0.4) is 0 Å². The van der Waals surface area contributed by atoms with Crippen molar-refractivity contribution < 1.29 is 14.3 Å². The number of methoxy groups -OCH3 is 1. The van der Waals surface area contributed by atoms with Gasteiger partial charge in [-0.2, -0.15) is 0 Å². The molecule has 0 aliphatic carbocycles. The fraction of sp³-hybridized carbons (Fsp3) is 0.333. The van der Waals surface area contributed by atoms with Crippen LogP contribution in [0.4, 0.5) is 0 Å². The van der Waals surface area contributed by atoms with Crippen molar-refractivity contribution in [3.63, 3.8) is 0 Å². The summed E-state index contributed by atoms with van der Waals surface area (Å²) in [6, 6.07) is 14.8. The van der Waals surface area contributed by atoms with Crippen LogP contribution < -0.4 is 4.74 Å². The van der Waals surface area contributed by atoms with E-state index in [1.807, 2.05) is 65.3 Å². The predicted octanol–water partition coefficient (Wildman–Crippen LogP) is 2.86. The highest BCUT2D eigenvalue weighted by atomic mass is 16.5. The van der Waals surface area contributed by atoms with E-state index in [0.29, 0.717) is 37.3 Å². The number of hydrogen-bond donors (Lipinski definition) is 0. The third kappa shape index (κ3) is 3.72. The van der Waals surface area contributed by atoms with Crippen molar-refractivity contribution in [2.45, 2.75) is 13.3 Å². The number of rotatable bonds is 4. The molecule has 0 radical (unpaired) electrons. The van der Waals surface area contributed by atoms with E-state index in [9.17, 15) is 9.59 Å². The summed E-state index contributed by atoms with van der Waals surface area (Å²) < 4.78 is 5.33. The molecule has 2 amide bonds. The van der Waals surface area contributed by atoms with Crippen molar-refractivity contribution >= 4 is 11.8 Å².